The fraction of sp³-hybridized carbons (Fsp3) is 0. The van der Waals surface area contributed by atoms with Gasteiger partial charge in [0.05, 0.1) is 15.0 Å². The van der Waals surface area contributed by atoms with Gasteiger partial charge in [-0.2, -0.15) is 0 Å². The predicted octanol–water partition coefficient (Wildman–Crippen LogP) is 3.55. The standard InChI is InChI=1S/C11H7Cl2N3O2/c12-8-2-1-3-9(13)10(8)7-4-6(16(17)18)5-15-11(7)14/h1-5H,(H2,14,15). The highest BCUT2D eigenvalue weighted by Gasteiger charge is 2.16. The number of rotatable bonds is 2. The lowest BCUT2D eigenvalue weighted by Gasteiger charge is -2.08. The lowest BCUT2D eigenvalue weighted by Crippen LogP contribution is -1.97. The molecule has 0 atom stereocenters. The van der Waals surface area contributed by atoms with Crippen molar-refractivity contribution in [2.75, 3.05) is 5.73 Å². The van der Waals surface area contributed by atoms with Crippen molar-refractivity contribution in [2.24, 2.45) is 0 Å². The van der Waals surface area contributed by atoms with Crippen LogP contribution in [0.25, 0.3) is 11.1 Å². The molecule has 5 nitrogen and oxygen atoms in total. The summed E-state index contributed by atoms with van der Waals surface area (Å²) in [6.45, 7) is 0. The van der Waals surface area contributed by atoms with Gasteiger partial charge in [0.25, 0.3) is 5.69 Å². The molecule has 0 fully saturated rings. The second-order valence-corrected chi connectivity index (χ2v) is 4.29. The van der Waals surface area contributed by atoms with Crippen LogP contribution in [0.4, 0.5) is 11.5 Å². The minimum Gasteiger partial charge on any atom is -0.383 e. The Bertz CT molecular complexity index is 611. The Morgan fingerprint density at radius 3 is 2.44 bits per heavy atom. The zero-order valence-corrected chi connectivity index (χ0v) is 10.4. The highest BCUT2D eigenvalue weighted by atomic mass is 35.5. The summed E-state index contributed by atoms with van der Waals surface area (Å²) < 4.78 is 0. The number of nitrogens with zero attached hydrogens (tertiary/aromatic N) is 2. The van der Waals surface area contributed by atoms with E-state index in [2.05, 4.69) is 4.98 Å². The Labute approximate surface area is 112 Å². The van der Waals surface area contributed by atoms with E-state index in [-0.39, 0.29) is 11.5 Å². The monoisotopic (exact) mass is 283 g/mol. The smallest absolute Gasteiger partial charge is 0.288 e. The second kappa shape index (κ2) is 4.80. The summed E-state index contributed by atoms with van der Waals surface area (Å²) in [5, 5.41) is 11.4. The maximum Gasteiger partial charge on any atom is 0.288 e. The van der Waals surface area contributed by atoms with Crippen molar-refractivity contribution in [1.82, 2.24) is 4.98 Å². The van der Waals surface area contributed by atoms with Crippen molar-refractivity contribution in [2.45, 2.75) is 0 Å². The summed E-state index contributed by atoms with van der Waals surface area (Å²) in [6, 6.07) is 6.23. The molecule has 0 radical (unpaired) electrons. The van der Waals surface area contributed by atoms with Crippen LogP contribution in [0.3, 0.4) is 0 Å². The fourth-order valence-electron chi connectivity index (χ4n) is 1.52. The van der Waals surface area contributed by atoms with E-state index in [0.29, 0.717) is 21.2 Å². The molecule has 1 aromatic carbocycles. The summed E-state index contributed by atoms with van der Waals surface area (Å²) >= 11 is 12.1. The Hall–Kier alpha value is -1.85. The molecular formula is C11H7Cl2N3O2. The number of nitrogen functional groups attached to an aromatic ring is 1. The fourth-order valence-corrected chi connectivity index (χ4v) is 2.12. The van der Waals surface area contributed by atoms with Crippen LogP contribution in [0.5, 0.6) is 0 Å². The zero-order valence-electron chi connectivity index (χ0n) is 8.93. The SMILES string of the molecule is Nc1ncc([N+](=O)[O-])cc1-c1c(Cl)cccc1Cl. The molecule has 0 unspecified atom stereocenters. The van der Waals surface area contributed by atoms with Crippen molar-refractivity contribution >= 4 is 34.7 Å². The summed E-state index contributed by atoms with van der Waals surface area (Å²) in [6.07, 6.45) is 1.09. The first kappa shape index (κ1) is 12.6. The molecule has 0 bridgehead atoms. The molecule has 2 N–H and O–H groups in total. The van der Waals surface area contributed by atoms with Gasteiger partial charge in [-0.05, 0) is 12.1 Å². The van der Waals surface area contributed by atoms with E-state index in [1.54, 1.807) is 18.2 Å². The van der Waals surface area contributed by atoms with E-state index in [1.165, 1.54) is 6.07 Å². The molecule has 18 heavy (non-hydrogen) atoms. The molecule has 1 aromatic heterocycles. The number of anilines is 1. The van der Waals surface area contributed by atoms with Crippen molar-refractivity contribution in [1.29, 1.82) is 0 Å². The van der Waals surface area contributed by atoms with Gasteiger partial charge in [-0.1, -0.05) is 29.3 Å². The topological polar surface area (TPSA) is 82.0 Å². The van der Waals surface area contributed by atoms with E-state index in [9.17, 15) is 10.1 Å². The van der Waals surface area contributed by atoms with Gasteiger partial charge in [-0.25, -0.2) is 4.98 Å². The first-order chi connectivity index (χ1) is 8.50. The molecule has 0 saturated heterocycles. The van der Waals surface area contributed by atoms with E-state index in [0.717, 1.165) is 6.20 Å². The van der Waals surface area contributed by atoms with Crippen molar-refractivity contribution in [3.8, 4) is 11.1 Å². The number of benzene rings is 1. The van der Waals surface area contributed by atoms with E-state index >= 15 is 0 Å². The van der Waals surface area contributed by atoms with Crippen LogP contribution in [0.2, 0.25) is 10.0 Å². The summed E-state index contributed by atoms with van der Waals surface area (Å²) in [5.41, 5.74) is 6.32. The highest BCUT2D eigenvalue weighted by molar-refractivity contribution is 6.39. The largest absolute Gasteiger partial charge is 0.383 e. The van der Waals surface area contributed by atoms with Gasteiger partial charge < -0.3 is 5.73 Å². The summed E-state index contributed by atoms with van der Waals surface area (Å²) in [5.74, 6) is 0.135. The summed E-state index contributed by atoms with van der Waals surface area (Å²) in [7, 11) is 0. The van der Waals surface area contributed by atoms with Gasteiger partial charge in [0.2, 0.25) is 0 Å². The minimum absolute atomic E-state index is 0.135. The first-order valence-corrected chi connectivity index (χ1v) is 5.60. The van der Waals surface area contributed by atoms with Gasteiger partial charge >= 0.3 is 0 Å². The normalized spacial score (nSPS) is 10.3. The maximum atomic E-state index is 10.7. The quantitative estimate of drug-likeness (QED) is 0.675. The van der Waals surface area contributed by atoms with Crippen LogP contribution in [0.15, 0.2) is 30.5 Å². The number of nitrogens with two attached hydrogens (primary N) is 1. The van der Waals surface area contributed by atoms with E-state index < -0.39 is 4.92 Å². The number of halogens is 2. The number of hydrogen-bond donors (Lipinski definition) is 1. The van der Waals surface area contributed by atoms with Crippen LogP contribution in [0.1, 0.15) is 0 Å². The molecule has 0 amide bonds. The molecular weight excluding hydrogens is 277 g/mol. The third kappa shape index (κ3) is 2.23. The average Bonchev–Trinajstić information content (AvgIpc) is 2.30. The maximum absolute atomic E-state index is 10.7. The van der Waals surface area contributed by atoms with Gasteiger partial charge in [0.15, 0.2) is 0 Å². The molecule has 92 valence electrons. The van der Waals surface area contributed by atoms with E-state index in [4.69, 9.17) is 28.9 Å². The summed E-state index contributed by atoms with van der Waals surface area (Å²) in [4.78, 5) is 13.9. The van der Waals surface area contributed by atoms with Gasteiger partial charge in [-0.15, -0.1) is 0 Å². The number of pyridine rings is 1. The lowest BCUT2D eigenvalue weighted by molar-refractivity contribution is -0.385. The molecule has 0 saturated carbocycles. The second-order valence-electron chi connectivity index (χ2n) is 3.48. The Morgan fingerprint density at radius 2 is 1.89 bits per heavy atom. The third-order valence-corrected chi connectivity index (χ3v) is 2.98. The number of aromatic nitrogens is 1. The minimum atomic E-state index is -0.555. The Balaban J connectivity index is 2.70. The molecule has 1 heterocycles. The molecule has 7 heteroatoms. The van der Waals surface area contributed by atoms with E-state index in [1.807, 2.05) is 0 Å². The van der Waals surface area contributed by atoms with Crippen molar-refractivity contribution in [3.63, 3.8) is 0 Å². The van der Waals surface area contributed by atoms with Crippen LogP contribution < -0.4 is 5.73 Å². The Morgan fingerprint density at radius 1 is 1.28 bits per heavy atom. The molecule has 0 spiro atoms. The lowest BCUT2D eigenvalue weighted by atomic mass is 10.1. The van der Waals surface area contributed by atoms with Crippen molar-refractivity contribution in [3.05, 3.63) is 50.6 Å². The van der Waals surface area contributed by atoms with Crippen LogP contribution >= 0.6 is 23.2 Å². The van der Waals surface area contributed by atoms with Gasteiger partial charge in [0.1, 0.15) is 12.0 Å². The van der Waals surface area contributed by atoms with Crippen LogP contribution in [-0.2, 0) is 0 Å². The average molecular weight is 284 g/mol. The molecule has 0 aliphatic heterocycles. The van der Waals surface area contributed by atoms with Crippen molar-refractivity contribution < 1.29 is 4.92 Å². The molecule has 2 aromatic rings. The highest BCUT2D eigenvalue weighted by Crippen LogP contribution is 2.38. The molecule has 0 aliphatic rings. The number of nitro groups is 1. The number of hydrogen-bond acceptors (Lipinski definition) is 4. The molecule has 0 aliphatic carbocycles. The van der Waals surface area contributed by atoms with Gasteiger partial charge in [0, 0.05) is 17.2 Å². The third-order valence-electron chi connectivity index (χ3n) is 2.35. The first-order valence-electron chi connectivity index (χ1n) is 4.85. The Kier molecular flexibility index (Phi) is 3.36. The van der Waals surface area contributed by atoms with Crippen LogP contribution in [-0.4, -0.2) is 9.91 Å². The predicted molar refractivity (Wildman–Crippen MR) is 70.8 cm³/mol. The van der Waals surface area contributed by atoms with Crippen LogP contribution in [0, 0.1) is 10.1 Å². The van der Waals surface area contributed by atoms with Gasteiger partial charge in [-0.3, -0.25) is 10.1 Å². The molecule has 2 rings (SSSR count). The zero-order chi connectivity index (χ0) is 13.3.